The summed E-state index contributed by atoms with van der Waals surface area (Å²) in [5.74, 6) is 2.66. The van der Waals surface area contributed by atoms with Crippen LogP contribution in [0.4, 0.5) is 0 Å². The molecule has 1 aliphatic rings. The molecule has 1 aromatic rings. The average molecular weight is 289 g/mol. The molecule has 0 saturated heterocycles. The normalized spacial score (nSPS) is 15.0. The van der Waals surface area contributed by atoms with E-state index in [4.69, 9.17) is 4.74 Å². The number of hydrogen-bond acceptors (Lipinski definition) is 2. The van der Waals surface area contributed by atoms with Gasteiger partial charge in [0.2, 0.25) is 0 Å². The smallest absolute Gasteiger partial charge is 0.193 e. The Labute approximate surface area is 128 Å². The van der Waals surface area contributed by atoms with Crippen LogP contribution in [0, 0.1) is 12.8 Å². The number of nitrogens with one attached hydrogen (secondary N) is 1. The first kappa shape index (κ1) is 15.7. The zero-order valence-corrected chi connectivity index (χ0v) is 13.6. The predicted molar refractivity (Wildman–Crippen MR) is 87.9 cm³/mol. The molecule has 1 fully saturated rings. The highest BCUT2D eigenvalue weighted by Gasteiger charge is 2.22. The van der Waals surface area contributed by atoms with Crippen LogP contribution in [-0.4, -0.2) is 38.1 Å². The summed E-state index contributed by atoms with van der Waals surface area (Å²) in [5.41, 5.74) is 2.38. The molecule has 21 heavy (non-hydrogen) atoms. The first-order chi connectivity index (χ1) is 10.1. The molecule has 1 aliphatic carbocycles. The van der Waals surface area contributed by atoms with Crippen molar-refractivity contribution in [1.29, 1.82) is 0 Å². The van der Waals surface area contributed by atoms with E-state index in [2.05, 4.69) is 42.4 Å². The molecular weight excluding hydrogens is 262 g/mol. The molecule has 0 aromatic heterocycles. The molecule has 0 bridgehead atoms. The Morgan fingerprint density at radius 2 is 2.14 bits per heavy atom. The summed E-state index contributed by atoms with van der Waals surface area (Å²) in [4.78, 5) is 6.67. The second kappa shape index (κ2) is 7.34. The molecule has 2 rings (SSSR count). The van der Waals surface area contributed by atoms with Crippen molar-refractivity contribution < 1.29 is 4.74 Å². The van der Waals surface area contributed by atoms with Gasteiger partial charge in [0.15, 0.2) is 5.96 Å². The second-order valence-electron chi connectivity index (χ2n) is 5.93. The number of benzene rings is 1. The van der Waals surface area contributed by atoms with Crippen molar-refractivity contribution in [3.63, 3.8) is 0 Å². The van der Waals surface area contributed by atoms with Crippen LogP contribution in [-0.2, 0) is 6.54 Å². The average Bonchev–Trinajstić information content (AvgIpc) is 3.26. The van der Waals surface area contributed by atoms with Gasteiger partial charge in [-0.2, -0.15) is 0 Å². The van der Waals surface area contributed by atoms with Crippen molar-refractivity contribution in [2.24, 2.45) is 10.9 Å². The molecule has 116 valence electrons. The SMILES string of the molecule is CCNC(=NCc1ccc(C)cc1OCC1CC1)N(C)C. The van der Waals surface area contributed by atoms with Gasteiger partial charge < -0.3 is 15.0 Å². The first-order valence-electron chi connectivity index (χ1n) is 7.78. The molecule has 0 amide bonds. The van der Waals surface area contributed by atoms with Gasteiger partial charge in [-0.1, -0.05) is 12.1 Å². The minimum Gasteiger partial charge on any atom is -0.493 e. The van der Waals surface area contributed by atoms with E-state index in [9.17, 15) is 0 Å². The number of ether oxygens (including phenoxy) is 1. The molecule has 0 atom stereocenters. The van der Waals surface area contributed by atoms with Crippen LogP contribution in [0.3, 0.4) is 0 Å². The van der Waals surface area contributed by atoms with Gasteiger partial charge in [0.25, 0.3) is 0 Å². The monoisotopic (exact) mass is 289 g/mol. The van der Waals surface area contributed by atoms with Crippen molar-refractivity contribution in [3.05, 3.63) is 29.3 Å². The molecule has 0 unspecified atom stereocenters. The minimum absolute atomic E-state index is 0.640. The van der Waals surface area contributed by atoms with E-state index in [1.165, 1.54) is 18.4 Å². The van der Waals surface area contributed by atoms with Crippen LogP contribution >= 0.6 is 0 Å². The summed E-state index contributed by atoms with van der Waals surface area (Å²) >= 11 is 0. The Morgan fingerprint density at radius 3 is 2.76 bits per heavy atom. The van der Waals surface area contributed by atoms with E-state index in [1.807, 2.05) is 19.0 Å². The van der Waals surface area contributed by atoms with Crippen molar-refractivity contribution in [2.75, 3.05) is 27.2 Å². The highest BCUT2D eigenvalue weighted by atomic mass is 16.5. The maximum atomic E-state index is 5.99. The van der Waals surface area contributed by atoms with Crippen LogP contribution in [0.25, 0.3) is 0 Å². The third-order valence-electron chi connectivity index (χ3n) is 3.55. The highest BCUT2D eigenvalue weighted by Crippen LogP contribution is 2.30. The number of hydrogen-bond donors (Lipinski definition) is 1. The number of aryl methyl sites for hydroxylation is 1. The lowest BCUT2D eigenvalue weighted by Gasteiger charge is -2.17. The summed E-state index contributed by atoms with van der Waals surface area (Å²) in [6.07, 6.45) is 2.62. The Kier molecular flexibility index (Phi) is 5.48. The van der Waals surface area contributed by atoms with E-state index in [0.717, 1.165) is 36.3 Å². The van der Waals surface area contributed by atoms with Crippen molar-refractivity contribution in [1.82, 2.24) is 10.2 Å². The third-order valence-corrected chi connectivity index (χ3v) is 3.55. The van der Waals surface area contributed by atoms with Crippen LogP contribution in [0.5, 0.6) is 5.75 Å². The maximum absolute atomic E-state index is 5.99. The number of guanidine groups is 1. The molecule has 1 N–H and O–H groups in total. The van der Waals surface area contributed by atoms with Crippen molar-refractivity contribution in [3.8, 4) is 5.75 Å². The molecule has 0 aliphatic heterocycles. The van der Waals surface area contributed by atoms with Crippen molar-refractivity contribution in [2.45, 2.75) is 33.2 Å². The number of rotatable bonds is 6. The Morgan fingerprint density at radius 1 is 1.38 bits per heavy atom. The Hall–Kier alpha value is -1.71. The van der Waals surface area contributed by atoms with Gasteiger partial charge in [-0.15, -0.1) is 0 Å². The Balaban J connectivity index is 2.07. The van der Waals surface area contributed by atoms with Gasteiger partial charge >= 0.3 is 0 Å². The summed E-state index contributed by atoms with van der Waals surface area (Å²) in [5, 5.41) is 3.28. The van der Waals surface area contributed by atoms with Crippen molar-refractivity contribution >= 4 is 5.96 Å². The molecule has 0 radical (unpaired) electrons. The standard InChI is InChI=1S/C17H27N3O/c1-5-18-17(20(3)4)19-11-15-9-6-13(2)10-16(15)21-12-14-7-8-14/h6,9-10,14H,5,7-8,11-12H2,1-4H3,(H,18,19). The molecular formula is C17H27N3O. The van der Waals surface area contributed by atoms with Crippen LogP contribution < -0.4 is 10.1 Å². The van der Waals surface area contributed by atoms with Gasteiger partial charge in [0.1, 0.15) is 5.75 Å². The first-order valence-corrected chi connectivity index (χ1v) is 7.78. The van der Waals surface area contributed by atoms with Gasteiger partial charge in [-0.3, -0.25) is 0 Å². The number of aliphatic imine (C=N–C) groups is 1. The van der Waals surface area contributed by atoms with E-state index < -0.39 is 0 Å². The van der Waals surface area contributed by atoms with Gasteiger partial charge in [0, 0.05) is 26.2 Å². The quantitative estimate of drug-likeness (QED) is 0.646. The summed E-state index contributed by atoms with van der Waals surface area (Å²) in [6, 6.07) is 6.37. The second-order valence-corrected chi connectivity index (χ2v) is 5.93. The topological polar surface area (TPSA) is 36.9 Å². The molecule has 1 aromatic carbocycles. The van der Waals surface area contributed by atoms with Gasteiger partial charge in [-0.25, -0.2) is 4.99 Å². The predicted octanol–water partition coefficient (Wildman–Crippen LogP) is 2.81. The lowest BCUT2D eigenvalue weighted by Crippen LogP contribution is -2.36. The van der Waals surface area contributed by atoms with E-state index >= 15 is 0 Å². The lowest BCUT2D eigenvalue weighted by molar-refractivity contribution is 0.296. The maximum Gasteiger partial charge on any atom is 0.193 e. The molecule has 1 saturated carbocycles. The van der Waals surface area contributed by atoms with Gasteiger partial charge in [-0.05, 0) is 44.2 Å². The van der Waals surface area contributed by atoms with E-state index in [-0.39, 0.29) is 0 Å². The van der Waals surface area contributed by atoms with E-state index in [1.54, 1.807) is 0 Å². The van der Waals surface area contributed by atoms with Gasteiger partial charge in [0.05, 0.1) is 13.2 Å². The fourth-order valence-electron chi connectivity index (χ4n) is 2.09. The lowest BCUT2D eigenvalue weighted by atomic mass is 10.1. The molecule has 0 heterocycles. The highest BCUT2D eigenvalue weighted by molar-refractivity contribution is 5.79. The fourth-order valence-corrected chi connectivity index (χ4v) is 2.09. The van der Waals surface area contributed by atoms with Crippen LogP contribution in [0.1, 0.15) is 30.9 Å². The van der Waals surface area contributed by atoms with E-state index in [0.29, 0.717) is 6.54 Å². The third kappa shape index (κ3) is 4.96. The number of nitrogens with zero attached hydrogens (tertiary/aromatic N) is 2. The largest absolute Gasteiger partial charge is 0.493 e. The summed E-state index contributed by atoms with van der Waals surface area (Å²) < 4.78 is 5.99. The van der Waals surface area contributed by atoms with Crippen LogP contribution in [0.2, 0.25) is 0 Å². The molecule has 4 nitrogen and oxygen atoms in total. The zero-order valence-electron chi connectivity index (χ0n) is 13.6. The Bertz CT molecular complexity index is 493. The molecule has 0 spiro atoms. The summed E-state index contributed by atoms with van der Waals surface area (Å²) in [6.45, 7) is 6.53. The fraction of sp³-hybridized carbons (Fsp3) is 0.588. The molecule has 4 heteroatoms. The minimum atomic E-state index is 0.640. The van der Waals surface area contributed by atoms with Crippen LogP contribution in [0.15, 0.2) is 23.2 Å². The summed E-state index contributed by atoms with van der Waals surface area (Å²) in [7, 11) is 4.00. The zero-order chi connectivity index (χ0) is 15.2.